The zero-order valence-electron chi connectivity index (χ0n) is 13.4. The molecule has 0 bridgehead atoms. The van der Waals surface area contributed by atoms with E-state index in [9.17, 15) is 14.9 Å². The van der Waals surface area contributed by atoms with Gasteiger partial charge in [0.25, 0.3) is 5.69 Å². The maximum absolute atomic E-state index is 12.9. The van der Waals surface area contributed by atoms with Crippen molar-refractivity contribution in [2.24, 2.45) is 0 Å². The van der Waals surface area contributed by atoms with E-state index in [4.69, 9.17) is 0 Å². The van der Waals surface area contributed by atoms with Crippen molar-refractivity contribution in [1.82, 2.24) is 4.98 Å². The smallest absolute Gasteiger partial charge is 0.269 e. The molecule has 0 aliphatic rings. The molecule has 0 unspecified atom stereocenters. The summed E-state index contributed by atoms with van der Waals surface area (Å²) in [5.74, 6) is -0.0641. The van der Waals surface area contributed by atoms with Crippen LogP contribution in [-0.2, 0) is 0 Å². The number of carbonyl (C=O) groups is 1. The molecule has 0 radical (unpaired) electrons. The highest BCUT2D eigenvalue weighted by molar-refractivity contribution is 6.14. The summed E-state index contributed by atoms with van der Waals surface area (Å²) in [6, 6.07) is 15.3. The predicted octanol–water partition coefficient (Wildman–Crippen LogP) is 4.44. The lowest BCUT2D eigenvalue weighted by atomic mass is 9.94. The number of nitrogens with zero attached hydrogens (tertiary/aromatic N) is 1. The third kappa shape index (κ3) is 2.72. The van der Waals surface area contributed by atoms with Gasteiger partial charge in [-0.1, -0.05) is 30.3 Å². The first-order chi connectivity index (χ1) is 11.5. The predicted molar refractivity (Wildman–Crippen MR) is 92.2 cm³/mol. The number of nitro groups is 1. The van der Waals surface area contributed by atoms with Gasteiger partial charge in [-0.15, -0.1) is 0 Å². The third-order valence-corrected chi connectivity index (χ3v) is 4.00. The first-order valence-electron chi connectivity index (χ1n) is 7.52. The van der Waals surface area contributed by atoms with Gasteiger partial charge in [-0.05, 0) is 31.5 Å². The fourth-order valence-corrected chi connectivity index (χ4v) is 2.91. The van der Waals surface area contributed by atoms with E-state index in [2.05, 4.69) is 4.98 Å². The number of hydrogen-bond acceptors (Lipinski definition) is 3. The van der Waals surface area contributed by atoms with E-state index in [1.165, 1.54) is 12.1 Å². The zero-order valence-corrected chi connectivity index (χ0v) is 13.4. The summed E-state index contributed by atoms with van der Waals surface area (Å²) in [6.45, 7) is 3.75. The highest BCUT2D eigenvalue weighted by Gasteiger charge is 2.22. The van der Waals surface area contributed by atoms with Gasteiger partial charge in [0.15, 0.2) is 5.78 Å². The molecule has 0 aliphatic carbocycles. The number of hydrogen-bond donors (Lipinski definition) is 1. The third-order valence-electron chi connectivity index (χ3n) is 4.00. The second-order valence-corrected chi connectivity index (χ2v) is 5.62. The Kier molecular flexibility index (Phi) is 4.00. The van der Waals surface area contributed by atoms with Gasteiger partial charge in [0.1, 0.15) is 0 Å². The van der Waals surface area contributed by atoms with Crippen LogP contribution in [0.4, 0.5) is 5.69 Å². The Labute approximate surface area is 139 Å². The largest absolute Gasteiger partial charge is 0.362 e. The molecular weight excluding hydrogens is 304 g/mol. The number of aryl methyl sites for hydroxylation is 2. The van der Waals surface area contributed by atoms with Crippen LogP contribution in [0, 0.1) is 24.0 Å². The van der Waals surface area contributed by atoms with E-state index < -0.39 is 4.92 Å². The quantitative estimate of drug-likeness (QED) is 0.438. The standard InChI is InChI=1S/C19H16N2O3/c1-12-17(14-8-10-16(11-9-14)21(23)24)18(13(2)20-12)19(22)15-6-4-3-5-7-15/h3-11,20H,1-2H3. The first kappa shape index (κ1) is 15.7. The summed E-state index contributed by atoms with van der Waals surface area (Å²) in [6.07, 6.45) is 0. The molecule has 3 rings (SSSR count). The van der Waals surface area contributed by atoms with Crippen LogP contribution in [0.1, 0.15) is 27.3 Å². The SMILES string of the molecule is Cc1[nH]c(C)c(-c2ccc([N+](=O)[O-])cc2)c1C(=O)c1ccccc1. The number of benzene rings is 2. The molecule has 0 fully saturated rings. The van der Waals surface area contributed by atoms with Crippen LogP contribution in [0.25, 0.3) is 11.1 Å². The zero-order chi connectivity index (χ0) is 17.3. The highest BCUT2D eigenvalue weighted by Crippen LogP contribution is 2.32. The number of non-ortho nitro benzene ring substituents is 1. The Morgan fingerprint density at radius 1 is 0.958 bits per heavy atom. The van der Waals surface area contributed by atoms with Crippen LogP contribution >= 0.6 is 0 Å². The van der Waals surface area contributed by atoms with E-state index in [0.717, 1.165) is 22.5 Å². The average molecular weight is 320 g/mol. The van der Waals surface area contributed by atoms with E-state index >= 15 is 0 Å². The number of aromatic amines is 1. The molecule has 0 amide bonds. The van der Waals surface area contributed by atoms with Gasteiger partial charge in [0, 0.05) is 34.6 Å². The molecule has 24 heavy (non-hydrogen) atoms. The lowest BCUT2D eigenvalue weighted by molar-refractivity contribution is -0.384. The monoisotopic (exact) mass is 320 g/mol. The summed E-state index contributed by atoms with van der Waals surface area (Å²) in [5, 5.41) is 10.8. The Bertz CT molecular complexity index is 910. The summed E-state index contributed by atoms with van der Waals surface area (Å²) in [5.41, 5.74) is 4.46. The molecule has 5 heteroatoms. The molecule has 0 saturated carbocycles. The van der Waals surface area contributed by atoms with Gasteiger partial charge in [0.05, 0.1) is 10.5 Å². The Morgan fingerprint density at radius 3 is 2.17 bits per heavy atom. The van der Waals surface area contributed by atoms with Crippen LogP contribution in [0.3, 0.4) is 0 Å². The summed E-state index contributed by atoms with van der Waals surface area (Å²) >= 11 is 0. The van der Waals surface area contributed by atoms with Crippen LogP contribution in [0.15, 0.2) is 54.6 Å². The highest BCUT2D eigenvalue weighted by atomic mass is 16.6. The molecule has 0 aliphatic heterocycles. The number of H-pyrrole nitrogens is 1. The van der Waals surface area contributed by atoms with Gasteiger partial charge >= 0.3 is 0 Å². The first-order valence-corrected chi connectivity index (χ1v) is 7.52. The summed E-state index contributed by atoms with van der Waals surface area (Å²) in [7, 11) is 0. The molecule has 0 spiro atoms. The normalized spacial score (nSPS) is 10.6. The second-order valence-electron chi connectivity index (χ2n) is 5.62. The lowest BCUT2D eigenvalue weighted by Gasteiger charge is -2.07. The molecule has 1 N–H and O–H groups in total. The Morgan fingerprint density at radius 2 is 1.58 bits per heavy atom. The van der Waals surface area contributed by atoms with Crippen molar-refractivity contribution in [2.75, 3.05) is 0 Å². The van der Waals surface area contributed by atoms with Crippen molar-refractivity contribution in [3.05, 3.63) is 87.2 Å². The fourth-order valence-electron chi connectivity index (χ4n) is 2.91. The van der Waals surface area contributed by atoms with Crippen LogP contribution in [0.5, 0.6) is 0 Å². The number of aromatic nitrogens is 1. The van der Waals surface area contributed by atoms with Gasteiger partial charge in [0.2, 0.25) is 0 Å². The minimum Gasteiger partial charge on any atom is -0.362 e. The minimum atomic E-state index is -0.435. The molecule has 120 valence electrons. The second kappa shape index (κ2) is 6.12. The molecule has 1 aromatic heterocycles. The molecular formula is C19H16N2O3. The molecule has 0 atom stereocenters. The maximum Gasteiger partial charge on any atom is 0.269 e. The number of rotatable bonds is 4. The average Bonchev–Trinajstić information content (AvgIpc) is 2.89. The number of ketones is 1. The topological polar surface area (TPSA) is 76.0 Å². The number of nitrogens with one attached hydrogen (secondary N) is 1. The molecule has 2 aromatic carbocycles. The van der Waals surface area contributed by atoms with Crippen molar-refractivity contribution in [2.45, 2.75) is 13.8 Å². The summed E-state index contributed by atoms with van der Waals surface area (Å²) in [4.78, 5) is 26.5. The van der Waals surface area contributed by atoms with Crippen molar-refractivity contribution in [3.63, 3.8) is 0 Å². The molecule has 3 aromatic rings. The van der Waals surface area contributed by atoms with E-state index in [1.54, 1.807) is 24.3 Å². The van der Waals surface area contributed by atoms with Crippen molar-refractivity contribution < 1.29 is 9.72 Å². The fraction of sp³-hybridized carbons (Fsp3) is 0.105. The van der Waals surface area contributed by atoms with Gasteiger partial charge in [-0.25, -0.2) is 0 Å². The van der Waals surface area contributed by atoms with Crippen molar-refractivity contribution >= 4 is 11.5 Å². The van der Waals surface area contributed by atoms with Crippen LogP contribution < -0.4 is 0 Å². The molecule has 5 nitrogen and oxygen atoms in total. The summed E-state index contributed by atoms with van der Waals surface area (Å²) < 4.78 is 0. The van der Waals surface area contributed by atoms with E-state index in [-0.39, 0.29) is 11.5 Å². The van der Waals surface area contributed by atoms with Crippen LogP contribution in [0.2, 0.25) is 0 Å². The Balaban J connectivity index is 2.12. The van der Waals surface area contributed by atoms with Gasteiger partial charge in [-0.2, -0.15) is 0 Å². The maximum atomic E-state index is 12.9. The molecule has 0 saturated heterocycles. The van der Waals surface area contributed by atoms with Crippen molar-refractivity contribution in [3.8, 4) is 11.1 Å². The number of nitro benzene ring substituents is 1. The van der Waals surface area contributed by atoms with E-state index in [1.807, 2.05) is 32.0 Å². The van der Waals surface area contributed by atoms with Crippen LogP contribution in [-0.4, -0.2) is 15.7 Å². The van der Waals surface area contributed by atoms with Gasteiger partial charge in [-0.3, -0.25) is 14.9 Å². The van der Waals surface area contributed by atoms with Crippen molar-refractivity contribution in [1.29, 1.82) is 0 Å². The minimum absolute atomic E-state index is 0.0274. The van der Waals surface area contributed by atoms with E-state index in [0.29, 0.717) is 11.1 Å². The van der Waals surface area contributed by atoms with Gasteiger partial charge < -0.3 is 4.98 Å². The Hall–Kier alpha value is -3.21. The number of carbonyl (C=O) groups excluding carboxylic acids is 1. The lowest BCUT2D eigenvalue weighted by Crippen LogP contribution is -2.03. The molecule has 1 heterocycles.